The van der Waals surface area contributed by atoms with Crippen LogP contribution in [0.25, 0.3) is 0 Å². The summed E-state index contributed by atoms with van der Waals surface area (Å²) in [6.45, 7) is 6.79. The molecule has 4 rings (SSSR count). The van der Waals surface area contributed by atoms with Crippen molar-refractivity contribution in [3.8, 4) is 5.75 Å². The van der Waals surface area contributed by atoms with E-state index in [9.17, 15) is 9.59 Å². The van der Waals surface area contributed by atoms with Gasteiger partial charge in [-0.25, -0.2) is 9.69 Å². The number of carbonyl (C=O) groups excluding carboxylic acids is 2. The molecular formula is C23H27N3O3. The monoisotopic (exact) mass is 393 g/mol. The van der Waals surface area contributed by atoms with E-state index < -0.39 is 6.04 Å². The molecule has 2 saturated heterocycles. The van der Waals surface area contributed by atoms with Crippen LogP contribution in [-0.4, -0.2) is 53.5 Å². The fourth-order valence-electron chi connectivity index (χ4n) is 4.03. The van der Waals surface area contributed by atoms with Gasteiger partial charge in [0.2, 0.25) is 0 Å². The molecule has 0 saturated carbocycles. The molecule has 6 nitrogen and oxygen atoms in total. The largest absolute Gasteiger partial charge is 0.491 e. The smallest absolute Gasteiger partial charge is 0.332 e. The summed E-state index contributed by atoms with van der Waals surface area (Å²) >= 11 is 0. The Labute approximate surface area is 171 Å². The lowest BCUT2D eigenvalue weighted by atomic mass is 10.2. The minimum atomic E-state index is -0.422. The van der Waals surface area contributed by atoms with E-state index in [0.29, 0.717) is 18.8 Å². The molecule has 2 aromatic rings. The van der Waals surface area contributed by atoms with Gasteiger partial charge in [-0.2, -0.15) is 0 Å². The molecule has 29 heavy (non-hydrogen) atoms. The van der Waals surface area contributed by atoms with Crippen LogP contribution in [0.3, 0.4) is 0 Å². The first-order valence-corrected chi connectivity index (χ1v) is 10.2. The highest BCUT2D eigenvalue weighted by Gasteiger charge is 2.47. The van der Waals surface area contributed by atoms with Crippen LogP contribution in [0.4, 0.5) is 10.5 Å². The Bertz CT molecular complexity index is 867. The third-order valence-electron chi connectivity index (χ3n) is 5.34. The van der Waals surface area contributed by atoms with Gasteiger partial charge in [0, 0.05) is 26.2 Å². The Morgan fingerprint density at radius 3 is 2.41 bits per heavy atom. The Hall–Kier alpha value is -2.86. The van der Waals surface area contributed by atoms with Crippen molar-refractivity contribution in [2.45, 2.75) is 39.0 Å². The SMILES string of the molecule is CC(C)Oc1ccc(CN2CCCN3C(=O)N(c4ccccc4)C(=O)C3C2)cc1. The summed E-state index contributed by atoms with van der Waals surface area (Å²) in [5, 5.41) is 0. The third-order valence-corrected chi connectivity index (χ3v) is 5.34. The Morgan fingerprint density at radius 1 is 1.00 bits per heavy atom. The predicted molar refractivity (Wildman–Crippen MR) is 112 cm³/mol. The van der Waals surface area contributed by atoms with Crippen LogP contribution in [0.1, 0.15) is 25.8 Å². The van der Waals surface area contributed by atoms with E-state index in [0.717, 1.165) is 25.3 Å². The molecule has 0 N–H and O–H groups in total. The van der Waals surface area contributed by atoms with Crippen molar-refractivity contribution in [1.29, 1.82) is 0 Å². The van der Waals surface area contributed by atoms with Gasteiger partial charge in [-0.1, -0.05) is 30.3 Å². The molecule has 0 radical (unpaired) electrons. The zero-order valence-corrected chi connectivity index (χ0v) is 17.0. The van der Waals surface area contributed by atoms with E-state index in [4.69, 9.17) is 4.74 Å². The van der Waals surface area contributed by atoms with Crippen LogP contribution in [0.5, 0.6) is 5.75 Å². The maximum Gasteiger partial charge on any atom is 0.332 e. The van der Waals surface area contributed by atoms with Crippen LogP contribution in [0, 0.1) is 0 Å². The van der Waals surface area contributed by atoms with Gasteiger partial charge in [0.05, 0.1) is 11.8 Å². The van der Waals surface area contributed by atoms with Crippen molar-refractivity contribution in [1.82, 2.24) is 9.80 Å². The third kappa shape index (κ3) is 4.12. The molecule has 2 fully saturated rings. The lowest BCUT2D eigenvalue weighted by Gasteiger charge is -2.23. The number of anilines is 1. The Kier molecular flexibility index (Phi) is 5.53. The zero-order chi connectivity index (χ0) is 20.4. The molecule has 0 spiro atoms. The maximum atomic E-state index is 13.1. The fraction of sp³-hybridized carbons (Fsp3) is 0.391. The van der Waals surface area contributed by atoms with Crippen molar-refractivity contribution < 1.29 is 14.3 Å². The first-order valence-electron chi connectivity index (χ1n) is 10.2. The molecule has 3 amide bonds. The van der Waals surface area contributed by atoms with Gasteiger partial charge >= 0.3 is 6.03 Å². The van der Waals surface area contributed by atoms with E-state index >= 15 is 0 Å². The lowest BCUT2D eigenvalue weighted by molar-refractivity contribution is -0.120. The van der Waals surface area contributed by atoms with Crippen LogP contribution in [0.2, 0.25) is 0 Å². The van der Waals surface area contributed by atoms with Gasteiger partial charge in [-0.05, 0) is 50.1 Å². The highest BCUT2D eigenvalue weighted by molar-refractivity contribution is 6.21. The molecule has 2 aliphatic rings. The number of carbonyl (C=O) groups is 2. The Morgan fingerprint density at radius 2 is 1.72 bits per heavy atom. The van der Waals surface area contributed by atoms with Crippen molar-refractivity contribution >= 4 is 17.6 Å². The van der Waals surface area contributed by atoms with Gasteiger partial charge in [-0.15, -0.1) is 0 Å². The fourth-order valence-corrected chi connectivity index (χ4v) is 4.03. The molecular weight excluding hydrogens is 366 g/mol. The molecule has 6 heteroatoms. The van der Waals surface area contributed by atoms with Crippen LogP contribution >= 0.6 is 0 Å². The van der Waals surface area contributed by atoms with E-state index in [1.807, 2.05) is 44.2 Å². The number of hydrogen-bond acceptors (Lipinski definition) is 4. The summed E-state index contributed by atoms with van der Waals surface area (Å²) in [5.74, 6) is 0.731. The minimum Gasteiger partial charge on any atom is -0.491 e. The van der Waals surface area contributed by atoms with Crippen molar-refractivity contribution in [2.24, 2.45) is 0 Å². The maximum absolute atomic E-state index is 13.1. The molecule has 1 unspecified atom stereocenters. The number of nitrogens with zero attached hydrogens (tertiary/aromatic N) is 3. The van der Waals surface area contributed by atoms with Crippen LogP contribution < -0.4 is 9.64 Å². The van der Waals surface area contributed by atoms with E-state index in [2.05, 4.69) is 17.0 Å². The quantitative estimate of drug-likeness (QED) is 0.730. The van der Waals surface area contributed by atoms with Gasteiger partial charge < -0.3 is 9.64 Å². The molecule has 1 atom stereocenters. The average Bonchev–Trinajstić information content (AvgIpc) is 2.85. The number of ether oxygens (including phenoxy) is 1. The summed E-state index contributed by atoms with van der Waals surface area (Å²) in [7, 11) is 0. The van der Waals surface area contributed by atoms with Crippen molar-refractivity contribution in [3.63, 3.8) is 0 Å². The topological polar surface area (TPSA) is 53.1 Å². The summed E-state index contributed by atoms with van der Waals surface area (Å²) < 4.78 is 5.71. The van der Waals surface area contributed by atoms with Gasteiger partial charge in [0.25, 0.3) is 5.91 Å². The van der Waals surface area contributed by atoms with Gasteiger partial charge in [-0.3, -0.25) is 9.69 Å². The number of hydrogen-bond donors (Lipinski definition) is 0. The lowest BCUT2D eigenvalue weighted by Crippen LogP contribution is -2.41. The van der Waals surface area contributed by atoms with Crippen LogP contribution in [-0.2, 0) is 11.3 Å². The summed E-state index contributed by atoms with van der Waals surface area (Å²) in [6.07, 6.45) is 1.00. The number of benzene rings is 2. The van der Waals surface area contributed by atoms with Gasteiger partial charge in [0.15, 0.2) is 0 Å². The standard InChI is InChI=1S/C23H27N3O3/c1-17(2)29-20-11-9-18(10-12-20)15-24-13-6-14-25-21(16-24)22(27)26(23(25)28)19-7-4-3-5-8-19/h3-5,7-12,17,21H,6,13-16H2,1-2H3. The molecule has 0 aromatic heterocycles. The number of amides is 3. The first-order chi connectivity index (χ1) is 14.0. The van der Waals surface area contributed by atoms with Crippen LogP contribution in [0.15, 0.2) is 54.6 Å². The number of rotatable bonds is 5. The molecule has 0 aliphatic carbocycles. The highest BCUT2D eigenvalue weighted by Crippen LogP contribution is 2.27. The molecule has 2 aliphatic heterocycles. The predicted octanol–water partition coefficient (Wildman–Crippen LogP) is 3.52. The van der Waals surface area contributed by atoms with Crippen molar-refractivity contribution in [2.75, 3.05) is 24.5 Å². The molecule has 152 valence electrons. The van der Waals surface area contributed by atoms with Crippen molar-refractivity contribution in [3.05, 3.63) is 60.2 Å². The number of urea groups is 1. The van der Waals surface area contributed by atoms with E-state index in [1.54, 1.807) is 17.0 Å². The number of para-hydroxylation sites is 1. The Balaban J connectivity index is 1.46. The number of fused-ring (bicyclic) bond motifs is 1. The summed E-state index contributed by atoms with van der Waals surface area (Å²) in [6, 6.07) is 16.7. The second-order valence-corrected chi connectivity index (χ2v) is 7.90. The highest BCUT2D eigenvalue weighted by atomic mass is 16.5. The first kappa shape index (κ1) is 19.5. The normalized spacial score (nSPS) is 20.2. The molecule has 2 aromatic carbocycles. The van der Waals surface area contributed by atoms with E-state index in [1.165, 1.54) is 10.5 Å². The summed E-state index contributed by atoms with van der Waals surface area (Å²) in [4.78, 5) is 31.3. The minimum absolute atomic E-state index is 0.131. The summed E-state index contributed by atoms with van der Waals surface area (Å²) in [5.41, 5.74) is 1.81. The molecule has 0 bridgehead atoms. The molecule has 2 heterocycles. The second kappa shape index (κ2) is 8.25. The van der Waals surface area contributed by atoms with Gasteiger partial charge in [0.1, 0.15) is 11.8 Å². The average molecular weight is 393 g/mol. The zero-order valence-electron chi connectivity index (χ0n) is 17.0. The second-order valence-electron chi connectivity index (χ2n) is 7.90. The van der Waals surface area contributed by atoms with E-state index in [-0.39, 0.29) is 18.0 Å². The number of imide groups is 1.